The van der Waals surface area contributed by atoms with Crippen LogP contribution in [0.25, 0.3) is 6.08 Å². The molecule has 0 bridgehead atoms. The summed E-state index contributed by atoms with van der Waals surface area (Å²) in [6.07, 6.45) is 9.66. The van der Waals surface area contributed by atoms with Crippen molar-refractivity contribution >= 4 is 12.0 Å². The first-order chi connectivity index (χ1) is 10.9. The SMILES string of the molecule is Cn1nccc1C=CC(=O)N1CCC2(CC1)CCC(C)(C)OC2. The molecule has 0 unspecified atom stereocenters. The number of piperidine rings is 1. The van der Waals surface area contributed by atoms with Crippen LogP contribution in [0.4, 0.5) is 0 Å². The zero-order valence-electron chi connectivity index (χ0n) is 14.4. The van der Waals surface area contributed by atoms with Gasteiger partial charge in [-0.2, -0.15) is 5.10 Å². The summed E-state index contributed by atoms with van der Waals surface area (Å²) in [5.74, 6) is 0.0955. The van der Waals surface area contributed by atoms with Gasteiger partial charge in [0.1, 0.15) is 0 Å². The molecule has 5 nitrogen and oxygen atoms in total. The molecule has 2 fully saturated rings. The molecule has 0 N–H and O–H groups in total. The average Bonchev–Trinajstić information content (AvgIpc) is 2.94. The average molecular weight is 317 g/mol. The number of nitrogens with zero attached hydrogens (tertiary/aromatic N) is 3. The van der Waals surface area contributed by atoms with Crippen LogP contribution in [0.1, 0.15) is 45.2 Å². The summed E-state index contributed by atoms with van der Waals surface area (Å²) in [4.78, 5) is 14.3. The molecule has 23 heavy (non-hydrogen) atoms. The summed E-state index contributed by atoms with van der Waals surface area (Å²) in [5, 5.41) is 4.10. The van der Waals surface area contributed by atoms with Crippen LogP contribution in [0.3, 0.4) is 0 Å². The number of rotatable bonds is 2. The van der Waals surface area contributed by atoms with Crippen LogP contribution in [0, 0.1) is 5.41 Å². The first-order valence-electron chi connectivity index (χ1n) is 8.48. The molecule has 0 saturated carbocycles. The summed E-state index contributed by atoms with van der Waals surface area (Å²) in [6.45, 7) is 6.84. The van der Waals surface area contributed by atoms with Crippen molar-refractivity contribution in [3.05, 3.63) is 24.0 Å². The molecule has 1 amide bonds. The summed E-state index contributed by atoms with van der Waals surface area (Å²) < 4.78 is 7.80. The highest BCUT2D eigenvalue weighted by Gasteiger charge is 2.41. The van der Waals surface area contributed by atoms with Gasteiger partial charge in [-0.3, -0.25) is 9.48 Å². The van der Waals surface area contributed by atoms with Gasteiger partial charge in [0, 0.05) is 32.4 Å². The van der Waals surface area contributed by atoms with Gasteiger partial charge in [0.15, 0.2) is 0 Å². The van der Waals surface area contributed by atoms with Crippen molar-refractivity contribution in [2.75, 3.05) is 19.7 Å². The van der Waals surface area contributed by atoms with E-state index in [4.69, 9.17) is 4.74 Å². The topological polar surface area (TPSA) is 47.4 Å². The van der Waals surface area contributed by atoms with Crippen molar-refractivity contribution in [1.29, 1.82) is 0 Å². The number of aryl methyl sites for hydroxylation is 1. The number of amides is 1. The minimum atomic E-state index is 0.0179. The summed E-state index contributed by atoms with van der Waals surface area (Å²) in [6, 6.07) is 1.90. The molecule has 126 valence electrons. The predicted molar refractivity (Wildman–Crippen MR) is 89.8 cm³/mol. The Kier molecular flexibility index (Phi) is 4.32. The summed E-state index contributed by atoms with van der Waals surface area (Å²) in [5.41, 5.74) is 1.25. The first-order valence-corrected chi connectivity index (χ1v) is 8.48. The molecular formula is C18H27N3O2. The summed E-state index contributed by atoms with van der Waals surface area (Å²) >= 11 is 0. The van der Waals surface area contributed by atoms with Crippen molar-refractivity contribution < 1.29 is 9.53 Å². The van der Waals surface area contributed by atoms with Crippen molar-refractivity contribution in [3.63, 3.8) is 0 Å². The van der Waals surface area contributed by atoms with Crippen molar-refractivity contribution in [2.45, 2.75) is 45.1 Å². The maximum atomic E-state index is 12.4. The van der Waals surface area contributed by atoms with Crippen LogP contribution in [-0.2, 0) is 16.6 Å². The molecule has 0 aromatic carbocycles. The van der Waals surface area contributed by atoms with E-state index in [1.165, 1.54) is 6.42 Å². The number of hydrogen-bond donors (Lipinski definition) is 0. The standard InChI is InChI=1S/C18H27N3O2/c1-17(2)7-8-18(14-23-17)9-12-21(13-10-18)16(22)5-4-15-6-11-19-20(15)3/h4-6,11H,7-10,12-14H2,1-3H3. The van der Waals surface area contributed by atoms with Gasteiger partial charge < -0.3 is 9.64 Å². The van der Waals surface area contributed by atoms with Crippen molar-refractivity contribution in [1.82, 2.24) is 14.7 Å². The minimum Gasteiger partial charge on any atom is -0.375 e. The molecule has 1 spiro atoms. The van der Waals surface area contributed by atoms with Crippen LogP contribution in [-0.4, -0.2) is 45.9 Å². The van der Waals surface area contributed by atoms with Crippen LogP contribution in [0.2, 0.25) is 0 Å². The van der Waals surface area contributed by atoms with Gasteiger partial charge in [-0.25, -0.2) is 0 Å². The lowest BCUT2D eigenvalue weighted by atomic mass is 9.72. The quantitative estimate of drug-likeness (QED) is 0.788. The number of ether oxygens (including phenoxy) is 1. The Hall–Kier alpha value is -1.62. The maximum absolute atomic E-state index is 12.4. The highest BCUT2D eigenvalue weighted by atomic mass is 16.5. The second-order valence-corrected chi connectivity index (χ2v) is 7.59. The fourth-order valence-electron chi connectivity index (χ4n) is 3.46. The molecule has 2 aliphatic rings. The fourth-order valence-corrected chi connectivity index (χ4v) is 3.46. The molecule has 3 heterocycles. The molecule has 1 aromatic rings. The highest BCUT2D eigenvalue weighted by molar-refractivity contribution is 5.91. The first kappa shape index (κ1) is 16.2. The van der Waals surface area contributed by atoms with E-state index >= 15 is 0 Å². The zero-order chi connectivity index (χ0) is 16.5. The van der Waals surface area contributed by atoms with Gasteiger partial charge in [-0.15, -0.1) is 0 Å². The van der Waals surface area contributed by atoms with Crippen LogP contribution in [0.5, 0.6) is 0 Å². The smallest absolute Gasteiger partial charge is 0.246 e. The fraction of sp³-hybridized carbons (Fsp3) is 0.667. The van der Waals surface area contributed by atoms with Crippen molar-refractivity contribution in [2.24, 2.45) is 12.5 Å². The molecular weight excluding hydrogens is 290 g/mol. The molecule has 0 radical (unpaired) electrons. The van der Waals surface area contributed by atoms with Crippen LogP contribution in [0.15, 0.2) is 18.3 Å². The molecule has 0 atom stereocenters. The van der Waals surface area contributed by atoms with Gasteiger partial charge in [-0.1, -0.05) is 0 Å². The van der Waals surface area contributed by atoms with Gasteiger partial charge in [-0.05, 0) is 57.1 Å². The highest BCUT2D eigenvalue weighted by Crippen LogP contribution is 2.43. The van der Waals surface area contributed by atoms with Gasteiger partial charge in [0.2, 0.25) is 5.91 Å². The number of hydrogen-bond acceptors (Lipinski definition) is 3. The van der Waals surface area contributed by atoms with E-state index in [9.17, 15) is 4.79 Å². The van der Waals surface area contributed by atoms with Crippen LogP contribution < -0.4 is 0 Å². The van der Waals surface area contributed by atoms with E-state index in [1.54, 1.807) is 17.0 Å². The van der Waals surface area contributed by atoms with Gasteiger partial charge >= 0.3 is 0 Å². The Bertz CT molecular complexity index is 583. The molecule has 5 heteroatoms. The van der Waals surface area contributed by atoms with Crippen LogP contribution >= 0.6 is 0 Å². The van der Waals surface area contributed by atoms with E-state index in [-0.39, 0.29) is 16.9 Å². The third-order valence-corrected chi connectivity index (χ3v) is 5.42. The van der Waals surface area contributed by atoms with E-state index in [0.717, 1.165) is 44.7 Å². The Labute approximate surface area is 138 Å². The van der Waals surface area contributed by atoms with Crippen molar-refractivity contribution in [3.8, 4) is 0 Å². The lowest BCUT2D eigenvalue weighted by molar-refractivity contribution is -0.141. The molecule has 2 aliphatic heterocycles. The number of likely N-dealkylation sites (tertiary alicyclic amines) is 1. The minimum absolute atomic E-state index is 0.0179. The van der Waals surface area contributed by atoms with E-state index in [0.29, 0.717) is 0 Å². The predicted octanol–water partition coefficient (Wildman–Crippen LogP) is 2.63. The second-order valence-electron chi connectivity index (χ2n) is 7.59. The van der Waals surface area contributed by atoms with E-state index in [1.807, 2.05) is 24.1 Å². The summed E-state index contributed by atoms with van der Waals surface area (Å²) in [7, 11) is 1.87. The Morgan fingerprint density at radius 2 is 2.00 bits per heavy atom. The lowest BCUT2D eigenvalue weighted by Gasteiger charge is -2.47. The van der Waals surface area contributed by atoms with E-state index in [2.05, 4.69) is 18.9 Å². The second kappa shape index (κ2) is 6.11. The Balaban J connectivity index is 1.54. The lowest BCUT2D eigenvalue weighted by Crippen LogP contribution is -2.49. The maximum Gasteiger partial charge on any atom is 0.246 e. The number of carbonyl (C=O) groups is 1. The van der Waals surface area contributed by atoms with Gasteiger partial charge in [0.05, 0.1) is 17.9 Å². The largest absolute Gasteiger partial charge is 0.375 e. The molecule has 1 aromatic heterocycles. The number of carbonyl (C=O) groups excluding carboxylic acids is 1. The molecule has 0 aliphatic carbocycles. The van der Waals surface area contributed by atoms with E-state index < -0.39 is 0 Å². The molecule has 2 saturated heterocycles. The van der Waals surface area contributed by atoms with Gasteiger partial charge in [0.25, 0.3) is 0 Å². The zero-order valence-corrected chi connectivity index (χ0v) is 14.4. The Morgan fingerprint density at radius 3 is 2.57 bits per heavy atom. The monoisotopic (exact) mass is 317 g/mol. The molecule has 3 rings (SSSR count). The Morgan fingerprint density at radius 1 is 1.26 bits per heavy atom. The third-order valence-electron chi connectivity index (χ3n) is 5.42. The third kappa shape index (κ3) is 3.66. The number of aromatic nitrogens is 2. The normalized spacial score (nSPS) is 23.5.